The molecule has 1 heterocycles. The second-order valence-corrected chi connectivity index (χ2v) is 7.45. The summed E-state index contributed by atoms with van der Waals surface area (Å²) < 4.78 is 28.0. The monoisotopic (exact) mass is 311 g/mol. The minimum absolute atomic E-state index is 0.0245. The fourth-order valence-electron chi connectivity index (χ4n) is 2.81. The van der Waals surface area contributed by atoms with Gasteiger partial charge in [-0.3, -0.25) is 0 Å². The maximum Gasteiger partial charge on any atom is 0.260 e. The van der Waals surface area contributed by atoms with Gasteiger partial charge in [0.25, 0.3) is 10.0 Å². The normalized spacial score (nSPS) is 23.5. The van der Waals surface area contributed by atoms with Gasteiger partial charge in [-0.25, -0.2) is 18.1 Å². The zero-order chi connectivity index (χ0) is 15.3. The molecule has 0 radical (unpaired) electrons. The van der Waals surface area contributed by atoms with Crippen LogP contribution < -0.4 is 10.0 Å². The highest BCUT2D eigenvalue weighted by Crippen LogP contribution is 2.25. The van der Waals surface area contributed by atoms with Crippen LogP contribution in [0.15, 0.2) is 23.4 Å². The molecule has 0 bridgehead atoms. The zero-order valence-electron chi connectivity index (χ0n) is 12.8. The number of anilines is 1. The molecule has 0 spiro atoms. The van der Waals surface area contributed by atoms with Gasteiger partial charge in [-0.2, -0.15) is 0 Å². The van der Waals surface area contributed by atoms with E-state index in [9.17, 15) is 8.42 Å². The quantitative estimate of drug-likeness (QED) is 0.820. The van der Waals surface area contributed by atoms with Gasteiger partial charge in [0.1, 0.15) is 0 Å². The van der Waals surface area contributed by atoms with E-state index >= 15 is 0 Å². The Morgan fingerprint density at radius 1 is 1.29 bits per heavy atom. The minimum Gasteiger partial charge on any atom is -0.383 e. The topological polar surface area (TPSA) is 71.1 Å². The molecule has 2 atom stereocenters. The molecule has 0 aliphatic heterocycles. The van der Waals surface area contributed by atoms with Crippen molar-refractivity contribution in [3.8, 4) is 0 Å². The lowest BCUT2D eigenvalue weighted by molar-refractivity contribution is 0.484. The molecule has 21 heavy (non-hydrogen) atoms. The Morgan fingerprint density at radius 3 is 2.86 bits per heavy atom. The first kappa shape index (κ1) is 16.2. The Hall–Kier alpha value is -1.14. The van der Waals surface area contributed by atoms with Crippen LogP contribution >= 0.6 is 0 Å². The summed E-state index contributed by atoms with van der Waals surface area (Å²) in [5.41, 5.74) is 0.564. The number of aromatic nitrogens is 1. The van der Waals surface area contributed by atoms with Gasteiger partial charge >= 0.3 is 0 Å². The largest absolute Gasteiger partial charge is 0.383 e. The van der Waals surface area contributed by atoms with Crippen molar-refractivity contribution in [3.63, 3.8) is 0 Å². The van der Waals surface area contributed by atoms with Crippen LogP contribution in [0, 0.1) is 5.92 Å². The standard InChI is InChI=1S/C15H25N3O2S/c1-3-16-14-8-5-11-17-15(14)21(19,20)18-13-7-4-6-12(2)9-10-13/h5,8,11-13,16,18H,3-4,6-7,9-10H2,1-2H3. The van der Waals surface area contributed by atoms with E-state index < -0.39 is 10.0 Å². The Balaban J connectivity index is 2.14. The number of pyridine rings is 1. The van der Waals surface area contributed by atoms with Crippen LogP contribution in [0.1, 0.15) is 46.0 Å². The van der Waals surface area contributed by atoms with E-state index in [0.717, 1.165) is 25.7 Å². The molecule has 0 saturated heterocycles. The van der Waals surface area contributed by atoms with Crippen molar-refractivity contribution in [1.82, 2.24) is 9.71 Å². The summed E-state index contributed by atoms with van der Waals surface area (Å²) in [7, 11) is -3.57. The van der Waals surface area contributed by atoms with E-state index in [1.807, 2.05) is 6.92 Å². The van der Waals surface area contributed by atoms with E-state index in [1.54, 1.807) is 12.1 Å². The molecular formula is C15H25N3O2S. The van der Waals surface area contributed by atoms with Gasteiger partial charge < -0.3 is 5.32 Å². The van der Waals surface area contributed by atoms with E-state index in [0.29, 0.717) is 18.2 Å². The molecule has 1 aliphatic carbocycles. The lowest BCUT2D eigenvalue weighted by Gasteiger charge is -2.17. The zero-order valence-corrected chi connectivity index (χ0v) is 13.6. The molecule has 2 rings (SSSR count). The number of rotatable bonds is 5. The second kappa shape index (κ2) is 7.22. The maximum absolute atomic E-state index is 12.6. The highest BCUT2D eigenvalue weighted by molar-refractivity contribution is 7.89. The lowest BCUT2D eigenvalue weighted by Crippen LogP contribution is -2.35. The van der Waals surface area contributed by atoms with Crippen LogP contribution in [0.2, 0.25) is 0 Å². The first-order chi connectivity index (χ1) is 10.0. The second-order valence-electron chi connectivity index (χ2n) is 5.82. The van der Waals surface area contributed by atoms with Crippen molar-refractivity contribution in [2.24, 2.45) is 5.92 Å². The predicted molar refractivity (Wildman–Crippen MR) is 84.8 cm³/mol. The average Bonchev–Trinajstić information content (AvgIpc) is 2.64. The van der Waals surface area contributed by atoms with Gasteiger partial charge in [-0.1, -0.05) is 19.8 Å². The molecule has 1 aromatic heterocycles. The fraction of sp³-hybridized carbons (Fsp3) is 0.667. The highest BCUT2D eigenvalue weighted by Gasteiger charge is 2.25. The SMILES string of the molecule is CCNc1cccnc1S(=O)(=O)NC1CCCC(C)CC1. The van der Waals surface area contributed by atoms with E-state index in [4.69, 9.17) is 0 Å². The molecule has 118 valence electrons. The molecular weight excluding hydrogens is 286 g/mol. The molecule has 1 aliphatic rings. The maximum atomic E-state index is 12.6. The molecule has 0 amide bonds. The molecule has 0 aromatic carbocycles. The molecule has 5 nitrogen and oxygen atoms in total. The summed E-state index contributed by atoms with van der Waals surface area (Å²) in [6.45, 7) is 4.83. The van der Waals surface area contributed by atoms with Crippen molar-refractivity contribution < 1.29 is 8.42 Å². The van der Waals surface area contributed by atoms with Gasteiger partial charge in [0, 0.05) is 18.8 Å². The number of hydrogen-bond acceptors (Lipinski definition) is 4. The number of nitrogens with one attached hydrogen (secondary N) is 2. The van der Waals surface area contributed by atoms with Crippen LogP contribution in [0.4, 0.5) is 5.69 Å². The Labute approximate surface area is 127 Å². The molecule has 1 saturated carbocycles. The van der Waals surface area contributed by atoms with Gasteiger partial charge in [0.05, 0.1) is 5.69 Å². The molecule has 2 unspecified atom stereocenters. The minimum atomic E-state index is -3.57. The summed E-state index contributed by atoms with van der Waals surface area (Å²) in [6, 6.07) is 3.52. The molecule has 1 aromatic rings. The Kier molecular flexibility index (Phi) is 5.58. The molecule has 2 N–H and O–H groups in total. The number of hydrogen-bond donors (Lipinski definition) is 2. The smallest absolute Gasteiger partial charge is 0.260 e. The summed E-state index contributed by atoms with van der Waals surface area (Å²) in [4.78, 5) is 4.06. The first-order valence-corrected chi connectivity index (χ1v) is 9.22. The first-order valence-electron chi connectivity index (χ1n) is 7.74. The Morgan fingerprint density at radius 2 is 2.10 bits per heavy atom. The van der Waals surface area contributed by atoms with Crippen molar-refractivity contribution in [1.29, 1.82) is 0 Å². The molecule has 1 fully saturated rings. The third kappa shape index (κ3) is 4.41. The third-order valence-electron chi connectivity index (χ3n) is 3.97. The van der Waals surface area contributed by atoms with Crippen molar-refractivity contribution in [2.45, 2.75) is 57.0 Å². The Bertz CT molecular complexity index is 560. The van der Waals surface area contributed by atoms with Crippen LogP contribution in [0.25, 0.3) is 0 Å². The van der Waals surface area contributed by atoms with Gasteiger partial charge in [-0.15, -0.1) is 0 Å². The van der Waals surface area contributed by atoms with Crippen molar-refractivity contribution >= 4 is 15.7 Å². The summed E-state index contributed by atoms with van der Waals surface area (Å²) >= 11 is 0. The highest BCUT2D eigenvalue weighted by atomic mass is 32.2. The van der Waals surface area contributed by atoms with Crippen LogP contribution in [0.5, 0.6) is 0 Å². The van der Waals surface area contributed by atoms with Crippen LogP contribution in [-0.2, 0) is 10.0 Å². The average molecular weight is 311 g/mol. The summed E-state index contributed by atoms with van der Waals surface area (Å²) in [5.74, 6) is 0.687. The van der Waals surface area contributed by atoms with Gasteiger partial charge in [-0.05, 0) is 44.2 Å². The predicted octanol–water partition coefficient (Wildman–Crippen LogP) is 2.76. The van der Waals surface area contributed by atoms with Crippen LogP contribution in [0.3, 0.4) is 0 Å². The van der Waals surface area contributed by atoms with E-state index in [-0.39, 0.29) is 11.1 Å². The number of nitrogens with zero attached hydrogens (tertiary/aromatic N) is 1. The fourth-order valence-corrected chi connectivity index (χ4v) is 4.23. The van der Waals surface area contributed by atoms with Crippen molar-refractivity contribution in [3.05, 3.63) is 18.3 Å². The summed E-state index contributed by atoms with van der Waals surface area (Å²) in [6.07, 6.45) is 6.68. The van der Waals surface area contributed by atoms with Crippen molar-refractivity contribution in [2.75, 3.05) is 11.9 Å². The third-order valence-corrected chi connectivity index (χ3v) is 5.45. The lowest BCUT2D eigenvalue weighted by atomic mass is 10.0. The summed E-state index contributed by atoms with van der Waals surface area (Å²) in [5, 5.41) is 3.16. The van der Waals surface area contributed by atoms with E-state index in [1.165, 1.54) is 12.6 Å². The van der Waals surface area contributed by atoms with E-state index in [2.05, 4.69) is 21.9 Å². The van der Waals surface area contributed by atoms with Gasteiger partial charge in [0.15, 0.2) is 5.03 Å². The molecule has 6 heteroatoms. The van der Waals surface area contributed by atoms with Crippen LogP contribution in [-0.4, -0.2) is 26.0 Å². The van der Waals surface area contributed by atoms with Gasteiger partial charge in [0.2, 0.25) is 0 Å². The number of sulfonamides is 1.